The van der Waals surface area contributed by atoms with E-state index in [1.54, 1.807) is 12.1 Å². The topological polar surface area (TPSA) is 88.2 Å². The molecule has 100 valence electrons. The Labute approximate surface area is 111 Å². The van der Waals surface area contributed by atoms with Crippen molar-refractivity contribution in [3.63, 3.8) is 0 Å². The molecule has 0 aliphatic heterocycles. The van der Waals surface area contributed by atoms with Gasteiger partial charge in [-0.3, -0.25) is 10.1 Å². The zero-order valence-corrected chi connectivity index (χ0v) is 10.6. The van der Waals surface area contributed by atoms with Crippen molar-refractivity contribution in [2.24, 2.45) is 0 Å². The van der Waals surface area contributed by atoms with Gasteiger partial charge < -0.3 is 10.1 Å². The first kappa shape index (κ1) is 13.3. The van der Waals surface area contributed by atoms with Gasteiger partial charge in [0.1, 0.15) is 17.3 Å². The predicted molar refractivity (Wildman–Crippen MR) is 69.9 cm³/mol. The van der Waals surface area contributed by atoms with Gasteiger partial charge in [0.15, 0.2) is 0 Å². The molecule has 0 bridgehead atoms. The van der Waals surface area contributed by atoms with Crippen molar-refractivity contribution in [3.05, 3.63) is 33.9 Å². The van der Waals surface area contributed by atoms with Crippen LogP contribution in [-0.4, -0.2) is 23.7 Å². The Morgan fingerprint density at radius 2 is 2.32 bits per heavy atom. The fourth-order valence-electron chi connectivity index (χ4n) is 2.22. The number of nitrogens with one attached hydrogen (secondary N) is 1. The lowest BCUT2D eigenvalue weighted by molar-refractivity contribution is -0.384. The highest BCUT2D eigenvalue weighted by molar-refractivity contribution is 5.68. The third-order valence-electron chi connectivity index (χ3n) is 3.20. The van der Waals surface area contributed by atoms with Crippen molar-refractivity contribution in [1.29, 1.82) is 5.26 Å². The minimum atomic E-state index is -0.514. The van der Waals surface area contributed by atoms with E-state index in [0.29, 0.717) is 12.3 Å². The molecule has 2 rings (SSSR count). The molecule has 1 fully saturated rings. The van der Waals surface area contributed by atoms with Gasteiger partial charge in [0.05, 0.1) is 11.0 Å². The van der Waals surface area contributed by atoms with Crippen LogP contribution in [0.5, 0.6) is 0 Å². The normalized spacial score (nSPS) is 21.3. The number of anilines is 1. The monoisotopic (exact) mass is 261 g/mol. The smallest absolute Gasteiger partial charge is 0.309 e. The lowest BCUT2D eigenvalue weighted by Crippen LogP contribution is -2.40. The maximum atomic E-state index is 11.0. The van der Waals surface area contributed by atoms with Crippen molar-refractivity contribution < 1.29 is 9.66 Å². The lowest BCUT2D eigenvalue weighted by atomic mass is 9.89. The van der Waals surface area contributed by atoms with Gasteiger partial charge in [-0.1, -0.05) is 6.07 Å². The number of ether oxygens (including phenoxy) is 1. The fraction of sp³-hybridized carbons (Fsp3) is 0.462. The third kappa shape index (κ3) is 2.83. The molecule has 1 aromatic rings. The van der Waals surface area contributed by atoms with Gasteiger partial charge in [0.25, 0.3) is 0 Å². The van der Waals surface area contributed by atoms with Crippen molar-refractivity contribution in [2.45, 2.75) is 31.9 Å². The molecule has 1 aliphatic carbocycles. The van der Waals surface area contributed by atoms with Crippen LogP contribution in [0, 0.1) is 21.4 Å². The van der Waals surface area contributed by atoms with E-state index >= 15 is 0 Å². The standard InChI is InChI=1S/C13H15N3O3/c1-2-19-11-6-10(7-11)15-12-5-3-4-9(8-14)13(12)16(17)18/h3-5,10-11,15H,2,6-7H2,1H3. The summed E-state index contributed by atoms with van der Waals surface area (Å²) in [7, 11) is 0. The van der Waals surface area contributed by atoms with Crippen LogP contribution in [0.1, 0.15) is 25.3 Å². The van der Waals surface area contributed by atoms with Gasteiger partial charge in [-0.25, -0.2) is 0 Å². The molecule has 0 amide bonds. The van der Waals surface area contributed by atoms with E-state index < -0.39 is 4.92 Å². The highest BCUT2D eigenvalue weighted by Gasteiger charge is 2.31. The molecule has 1 aromatic carbocycles. The van der Waals surface area contributed by atoms with Crippen molar-refractivity contribution in [2.75, 3.05) is 11.9 Å². The first-order valence-electron chi connectivity index (χ1n) is 6.21. The van der Waals surface area contributed by atoms with E-state index in [9.17, 15) is 10.1 Å². The third-order valence-corrected chi connectivity index (χ3v) is 3.20. The molecule has 0 spiro atoms. The molecule has 1 N–H and O–H groups in total. The minimum Gasteiger partial charge on any atom is -0.378 e. The van der Waals surface area contributed by atoms with Crippen LogP contribution in [0.4, 0.5) is 11.4 Å². The first-order valence-corrected chi connectivity index (χ1v) is 6.21. The Hall–Kier alpha value is -2.13. The van der Waals surface area contributed by atoms with Gasteiger partial charge in [0.2, 0.25) is 0 Å². The number of benzene rings is 1. The molecule has 1 aliphatic rings. The maximum absolute atomic E-state index is 11.0. The fourth-order valence-corrected chi connectivity index (χ4v) is 2.22. The van der Waals surface area contributed by atoms with Gasteiger partial charge in [0, 0.05) is 12.6 Å². The molecule has 1 saturated carbocycles. The molecule has 0 atom stereocenters. The number of rotatable bonds is 5. The molecule has 0 saturated heterocycles. The predicted octanol–water partition coefficient (Wildman–Crippen LogP) is 2.45. The number of hydrogen-bond acceptors (Lipinski definition) is 5. The second kappa shape index (κ2) is 5.67. The molecular weight excluding hydrogens is 246 g/mol. The maximum Gasteiger partial charge on any atom is 0.309 e. The second-order valence-electron chi connectivity index (χ2n) is 4.46. The van der Waals surface area contributed by atoms with Crippen LogP contribution in [-0.2, 0) is 4.74 Å². The zero-order valence-electron chi connectivity index (χ0n) is 10.6. The van der Waals surface area contributed by atoms with Gasteiger partial charge in [-0.05, 0) is 31.9 Å². The molecule has 6 nitrogen and oxygen atoms in total. The minimum absolute atomic E-state index is 0.0793. The molecule has 0 aromatic heterocycles. The molecule has 6 heteroatoms. The van der Waals surface area contributed by atoms with E-state index in [2.05, 4.69) is 5.32 Å². The number of nitrogens with zero attached hydrogens (tertiary/aromatic N) is 2. The molecule has 19 heavy (non-hydrogen) atoms. The molecule has 0 radical (unpaired) electrons. The number of para-hydroxylation sites is 1. The largest absolute Gasteiger partial charge is 0.378 e. The summed E-state index contributed by atoms with van der Waals surface area (Å²) in [6, 6.07) is 6.75. The Bertz CT molecular complexity index is 518. The molecule has 0 unspecified atom stereocenters. The van der Waals surface area contributed by atoms with E-state index in [-0.39, 0.29) is 23.4 Å². The van der Waals surface area contributed by atoms with Crippen LogP contribution in [0.15, 0.2) is 18.2 Å². The van der Waals surface area contributed by atoms with Crippen molar-refractivity contribution >= 4 is 11.4 Å². The molecule has 0 heterocycles. The summed E-state index contributed by atoms with van der Waals surface area (Å²) in [5.41, 5.74) is 0.338. The first-order chi connectivity index (χ1) is 9.15. The van der Waals surface area contributed by atoms with E-state index in [1.165, 1.54) is 6.07 Å². The van der Waals surface area contributed by atoms with Gasteiger partial charge in [-0.2, -0.15) is 5.26 Å². The molecular formula is C13H15N3O3. The summed E-state index contributed by atoms with van der Waals surface area (Å²) >= 11 is 0. The number of hydrogen-bond donors (Lipinski definition) is 1. The van der Waals surface area contributed by atoms with E-state index in [0.717, 1.165) is 12.8 Å². The van der Waals surface area contributed by atoms with Crippen LogP contribution >= 0.6 is 0 Å². The lowest BCUT2D eigenvalue weighted by Gasteiger charge is -2.35. The summed E-state index contributed by atoms with van der Waals surface area (Å²) in [6.45, 7) is 2.63. The van der Waals surface area contributed by atoms with Crippen LogP contribution < -0.4 is 5.32 Å². The van der Waals surface area contributed by atoms with E-state index in [1.807, 2.05) is 13.0 Å². The summed E-state index contributed by atoms with van der Waals surface area (Å²) in [4.78, 5) is 10.5. The van der Waals surface area contributed by atoms with E-state index in [4.69, 9.17) is 10.00 Å². The summed E-state index contributed by atoms with van der Waals surface area (Å²) in [5.74, 6) is 0. The zero-order chi connectivity index (χ0) is 13.8. The van der Waals surface area contributed by atoms with Crippen LogP contribution in [0.3, 0.4) is 0 Å². The number of nitriles is 1. The highest BCUT2D eigenvalue weighted by Crippen LogP contribution is 2.33. The summed E-state index contributed by atoms with van der Waals surface area (Å²) in [5, 5.41) is 23.1. The summed E-state index contributed by atoms with van der Waals surface area (Å²) < 4.78 is 5.44. The summed E-state index contributed by atoms with van der Waals surface area (Å²) in [6.07, 6.45) is 1.91. The van der Waals surface area contributed by atoms with Crippen molar-refractivity contribution in [1.82, 2.24) is 0 Å². The Morgan fingerprint density at radius 3 is 2.89 bits per heavy atom. The average molecular weight is 261 g/mol. The highest BCUT2D eigenvalue weighted by atomic mass is 16.6. The van der Waals surface area contributed by atoms with Crippen LogP contribution in [0.2, 0.25) is 0 Å². The average Bonchev–Trinajstić information content (AvgIpc) is 2.35. The Morgan fingerprint density at radius 1 is 1.58 bits per heavy atom. The quantitative estimate of drug-likeness (QED) is 0.649. The van der Waals surface area contributed by atoms with Crippen LogP contribution in [0.25, 0.3) is 0 Å². The SMILES string of the molecule is CCOC1CC(Nc2cccc(C#N)c2[N+](=O)[O-])C1. The van der Waals surface area contributed by atoms with Gasteiger partial charge >= 0.3 is 5.69 Å². The van der Waals surface area contributed by atoms with Gasteiger partial charge in [-0.15, -0.1) is 0 Å². The Balaban J connectivity index is 2.10. The van der Waals surface area contributed by atoms with Crippen molar-refractivity contribution in [3.8, 4) is 6.07 Å². The number of nitro groups is 1. The number of nitro benzene ring substituents is 1. The second-order valence-corrected chi connectivity index (χ2v) is 4.46. The Kier molecular flexibility index (Phi) is 3.97.